The van der Waals surface area contributed by atoms with Gasteiger partial charge in [0.05, 0.1) is 11.3 Å². The lowest BCUT2D eigenvalue weighted by molar-refractivity contribution is -0.137. The summed E-state index contributed by atoms with van der Waals surface area (Å²) in [5, 5.41) is 10.7. The number of carboxylic acid groups (broad SMARTS) is 1. The van der Waals surface area contributed by atoms with Crippen molar-refractivity contribution in [3.8, 4) is 0 Å². The van der Waals surface area contributed by atoms with E-state index >= 15 is 0 Å². The van der Waals surface area contributed by atoms with Crippen LogP contribution in [0.15, 0.2) is 41.8 Å². The van der Waals surface area contributed by atoms with Crippen LogP contribution in [0.4, 0.5) is 0 Å². The number of hydrogen-bond acceptors (Lipinski definition) is 3. The number of aliphatic carboxylic acids is 1. The van der Waals surface area contributed by atoms with Crippen LogP contribution in [0.2, 0.25) is 0 Å². The molecule has 21 heavy (non-hydrogen) atoms. The summed E-state index contributed by atoms with van der Waals surface area (Å²) in [7, 11) is 0. The SMILES string of the molecule is Cc1ccsc1C(=O)N(CCC(=O)O)Cc1ccccc1. The molecule has 1 heterocycles. The average molecular weight is 303 g/mol. The maximum Gasteiger partial charge on any atom is 0.305 e. The van der Waals surface area contributed by atoms with E-state index in [0.717, 1.165) is 11.1 Å². The molecule has 1 N–H and O–H groups in total. The van der Waals surface area contributed by atoms with Crippen LogP contribution in [0.3, 0.4) is 0 Å². The van der Waals surface area contributed by atoms with Crippen LogP contribution in [0.25, 0.3) is 0 Å². The summed E-state index contributed by atoms with van der Waals surface area (Å²) >= 11 is 1.39. The van der Waals surface area contributed by atoms with Crippen molar-refractivity contribution in [2.45, 2.75) is 19.9 Å². The van der Waals surface area contributed by atoms with Crippen LogP contribution in [-0.4, -0.2) is 28.4 Å². The van der Waals surface area contributed by atoms with Crippen molar-refractivity contribution in [2.24, 2.45) is 0 Å². The van der Waals surface area contributed by atoms with Crippen LogP contribution in [-0.2, 0) is 11.3 Å². The fraction of sp³-hybridized carbons (Fsp3) is 0.250. The third-order valence-corrected chi connectivity index (χ3v) is 4.16. The molecule has 0 aliphatic carbocycles. The Labute approximate surface area is 127 Å². The van der Waals surface area contributed by atoms with Gasteiger partial charge in [-0.3, -0.25) is 9.59 Å². The van der Waals surface area contributed by atoms with Gasteiger partial charge in [-0.05, 0) is 29.5 Å². The highest BCUT2D eigenvalue weighted by Gasteiger charge is 2.19. The lowest BCUT2D eigenvalue weighted by Gasteiger charge is -2.22. The van der Waals surface area contributed by atoms with Gasteiger partial charge in [-0.15, -0.1) is 11.3 Å². The van der Waals surface area contributed by atoms with Gasteiger partial charge >= 0.3 is 5.97 Å². The molecule has 2 aromatic rings. The predicted molar refractivity (Wildman–Crippen MR) is 82.5 cm³/mol. The van der Waals surface area contributed by atoms with Crippen LogP contribution >= 0.6 is 11.3 Å². The minimum Gasteiger partial charge on any atom is -0.481 e. The summed E-state index contributed by atoms with van der Waals surface area (Å²) in [5.74, 6) is -1.00. The summed E-state index contributed by atoms with van der Waals surface area (Å²) in [6, 6.07) is 11.5. The topological polar surface area (TPSA) is 57.6 Å². The van der Waals surface area contributed by atoms with E-state index in [1.165, 1.54) is 11.3 Å². The molecule has 0 bridgehead atoms. The van der Waals surface area contributed by atoms with Gasteiger partial charge in [0.2, 0.25) is 0 Å². The standard InChI is InChI=1S/C16H17NO3S/c1-12-8-10-21-15(12)16(20)17(9-7-14(18)19)11-13-5-3-2-4-6-13/h2-6,8,10H,7,9,11H2,1H3,(H,18,19). The van der Waals surface area contributed by atoms with Gasteiger partial charge in [0.25, 0.3) is 5.91 Å². The molecule has 1 aromatic carbocycles. The Bertz CT molecular complexity index is 621. The fourth-order valence-corrected chi connectivity index (χ4v) is 2.91. The second-order valence-corrected chi connectivity index (χ2v) is 5.70. The van der Waals surface area contributed by atoms with Gasteiger partial charge in [0.1, 0.15) is 0 Å². The largest absolute Gasteiger partial charge is 0.481 e. The van der Waals surface area contributed by atoms with Gasteiger partial charge in [0.15, 0.2) is 0 Å². The van der Waals surface area contributed by atoms with Gasteiger partial charge in [-0.2, -0.15) is 0 Å². The fourth-order valence-electron chi connectivity index (χ4n) is 2.02. The smallest absolute Gasteiger partial charge is 0.305 e. The average Bonchev–Trinajstić information content (AvgIpc) is 2.90. The zero-order chi connectivity index (χ0) is 15.2. The molecule has 0 fully saturated rings. The molecule has 5 heteroatoms. The van der Waals surface area contributed by atoms with Gasteiger partial charge in [-0.1, -0.05) is 30.3 Å². The van der Waals surface area contributed by atoms with Gasteiger partial charge in [-0.25, -0.2) is 0 Å². The van der Waals surface area contributed by atoms with Crippen molar-refractivity contribution in [3.63, 3.8) is 0 Å². The Kier molecular flexibility index (Phi) is 5.11. The highest BCUT2D eigenvalue weighted by atomic mass is 32.1. The third-order valence-electron chi connectivity index (χ3n) is 3.16. The Morgan fingerprint density at radius 3 is 2.48 bits per heavy atom. The van der Waals surface area contributed by atoms with Crippen molar-refractivity contribution < 1.29 is 14.7 Å². The Morgan fingerprint density at radius 1 is 1.19 bits per heavy atom. The van der Waals surface area contributed by atoms with Crippen molar-refractivity contribution >= 4 is 23.2 Å². The molecule has 2 rings (SSSR count). The summed E-state index contributed by atoms with van der Waals surface area (Å²) in [5.41, 5.74) is 1.92. The van der Waals surface area contributed by atoms with Crippen LogP contribution in [0.1, 0.15) is 27.2 Å². The third kappa shape index (κ3) is 4.16. The zero-order valence-corrected chi connectivity index (χ0v) is 12.6. The molecule has 0 atom stereocenters. The molecule has 0 unspecified atom stereocenters. The number of rotatable bonds is 6. The van der Waals surface area contributed by atoms with Crippen LogP contribution < -0.4 is 0 Å². The lowest BCUT2D eigenvalue weighted by Crippen LogP contribution is -2.32. The van der Waals surface area contributed by atoms with Gasteiger partial charge in [0, 0.05) is 13.1 Å². The van der Waals surface area contributed by atoms with E-state index in [4.69, 9.17) is 5.11 Å². The van der Waals surface area contributed by atoms with Gasteiger partial charge < -0.3 is 10.0 Å². The Balaban J connectivity index is 2.17. The number of thiophene rings is 1. The first kappa shape index (κ1) is 15.3. The van der Waals surface area contributed by atoms with E-state index in [1.54, 1.807) is 4.90 Å². The van der Waals surface area contributed by atoms with E-state index < -0.39 is 5.97 Å². The number of hydrogen-bond donors (Lipinski definition) is 1. The number of aryl methyl sites for hydroxylation is 1. The second-order valence-electron chi connectivity index (χ2n) is 4.79. The molecular weight excluding hydrogens is 286 g/mol. The van der Waals surface area contributed by atoms with Crippen molar-refractivity contribution in [3.05, 3.63) is 57.8 Å². The summed E-state index contributed by atoms with van der Waals surface area (Å²) < 4.78 is 0. The summed E-state index contributed by atoms with van der Waals surface area (Å²) in [6.45, 7) is 2.52. The molecule has 0 saturated carbocycles. The Hall–Kier alpha value is -2.14. The molecule has 0 aliphatic rings. The van der Waals surface area contributed by atoms with E-state index in [9.17, 15) is 9.59 Å². The molecule has 0 aliphatic heterocycles. The summed E-state index contributed by atoms with van der Waals surface area (Å²) in [6.07, 6.45) is -0.0526. The van der Waals surface area contributed by atoms with E-state index in [-0.39, 0.29) is 18.9 Å². The van der Waals surface area contributed by atoms with Crippen molar-refractivity contribution in [2.75, 3.05) is 6.54 Å². The van der Waals surface area contributed by atoms with Crippen molar-refractivity contribution in [1.29, 1.82) is 0 Å². The minimum atomic E-state index is -0.899. The number of nitrogens with zero attached hydrogens (tertiary/aromatic N) is 1. The maximum atomic E-state index is 12.6. The molecule has 1 aromatic heterocycles. The highest BCUT2D eigenvalue weighted by molar-refractivity contribution is 7.12. The number of carbonyl (C=O) groups is 2. The molecule has 110 valence electrons. The predicted octanol–water partition coefficient (Wildman–Crippen LogP) is 3.17. The van der Waals surface area contributed by atoms with E-state index in [1.807, 2.05) is 48.7 Å². The van der Waals surface area contributed by atoms with Crippen LogP contribution in [0, 0.1) is 6.92 Å². The molecule has 0 saturated heterocycles. The molecule has 0 radical (unpaired) electrons. The first-order valence-corrected chi connectivity index (χ1v) is 7.55. The van der Waals surface area contributed by atoms with E-state index in [2.05, 4.69) is 0 Å². The molecular formula is C16H17NO3S. The Morgan fingerprint density at radius 2 is 1.90 bits per heavy atom. The van der Waals surface area contributed by atoms with E-state index in [0.29, 0.717) is 11.4 Å². The number of carboxylic acids is 1. The quantitative estimate of drug-likeness (QED) is 0.891. The number of carbonyl (C=O) groups excluding carboxylic acids is 1. The monoisotopic (exact) mass is 303 g/mol. The molecule has 0 spiro atoms. The minimum absolute atomic E-state index is 0.0526. The van der Waals surface area contributed by atoms with Crippen LogP contribution in [0.5, 0.6) is 0 Å². The molecule has 4 nitrogen and oxygen atoms in total. The second kappa shape index (κ2) is 7.04. The lowest BCUT2D eigenvalue weighted by atomic mass is 10.2. The highest BCUT2D eigenvalue weighted by Crippen LogP contribution is 2.19. The molecule has 1 amide bonds. The zero-order valence-electron chi connectivity index (χ0n) is 11.8. The van der Waals surface area contributed by atoms with Crippen molar-refractivity contribution in [1.82, 2.24) is 4.90 Å². The number of benzene rings is 1. The first-order valence-electron chi connectivity index (χ1n) is 6.67. The summed E-state index contributed by atoms with van der Waals surface area (Å²) in [4.78, 5) is 25.7. The maximum absolute atomic E-state index is 12.6. The first-order chi connectivity index (χ1) is 10.1. The number of amides is 1. The normalized spacial score (nSPS) is 10.3.